The highest BCUT2D eigenvalue weighted by Crippen LogP contribution is 2.30. The van der Waals surface area contributed by atoms with Crippen LogP contribution in [0.3, 0.4) is 0 Å². The summed E-state index contributed by atoms with van der Waals surface area (Å²) in [5.41, 5.74) is 2.40. The van der Waals surface area contributed by atoms with Gasteiger partial charge in [0.05, 0.1) is 16.9 Å². The van der Waals surface area contributed by atoms with E-state index in [-0.39, 0.29) is 0 Å². The van der Waals surface area contributed by atoms with E-state index in [1.165, 1.54) is 0 Å². The monoisotopic (exact) mass is 207 g/mol. The van der Waals surface area contributed by atoms with Gasteiger partial charge in [-0.2, -0.15) is 0 Å². The Hall–Kier alpha value is -1.78. The van der Waals surface area contributed by atoms with Gasteiger partial charge in [-0.3, -0.25) is 0 Å². The first-order valence-electron chi connectivity index (χ1n) is 4.83. The summed E-state index contributed by atoms with van der Waals surface area (Å²) in [5, 5.41) is 15.4. The van der Waals surface area contributed by atoms with Crippen LogP contribution in [0, 0.1) is 13.8 Å². The lowest BCUT2D eigenvalue weighted by atomic mass is 10.1. The predicted octanol–water partition coefficient (Wildman–Crippen LogP) is 1.23. The van der Waals surface area contributed by atoms with Crippen molar-refractivity contribution in [3.8, 4) is 0 Å². The number of anilines is 2. The molecule has 0 atom stereocenters. The van der Waals surface area contributed by atoms with E-state index in [9.17, 15) is 4.79 Å². The molecule has 1 aromatic rings. The molecule has 1 aliphatic rings. The molecule has 2 rings (SSSR count). The molecule has 0 saturated carbocycles. The van der Waals surface area contributed by atoms with Crippen LogP contribution < -0.4 is 10.6 Å². The minimum atomic E-state index is -0.923. The molecule has 0 aromatic carbocycles. The van der Waals surface area contributed by atoms with Gasteiger partial charge in [0, 0.05) is 13.1 Å². The lowest BCUT2D eigenvalue weighted by Gasteiger charge is -2.22. The highest BCUT2D eigenvalue weighted by molar-refractivity contribution is 5.94. The van der Waals surface area contributed by atoms with Crippen molar-refractivity contribution < 1.29 is 9.90 Å². The number of rotatable bonds is 1. The van der Waals surface area contributed by atoms with Crippen LogP contribution in [0.15, 0.2) is 0 Å². The van der Waals surface area contributed by atoms with Crippen molar-refractivity contribution in [3.63, 3.8) is 0 Å². The van der Waals surface area contributed by atoms with E-state index in [0.29, 0.717) is 11.3 Å². The summed E-state index contributed by atoms with van der Waals surface area (Å²) in [7, 11) is 0. The van der Waals surface area contributed by atoms with E-state index < -0.39 is 5.97 Å². The van der Waals surface area contributed by atoms with Crippen LogP contribution in [-0.2, 0) is 0 Å². The number of nitrogens with one attached hydrogen (secondary N) is 2. The first-order valence-corrected chi connectivity index (χ1v) is 4.83. The van der Waals surface area contributed by atoms with E-state index in [1.54, 1.807) is 13.8 Å². The van der Waals surface area contributed by atoms with Crippen molar-refractivity contribution in [1.29, 1.82) is 0 Å². The Balaban J connectivity index is 2.64. The smallest absolute Gasteiger partial charge is 0.337 e. The number of carboxylic acids is 1. The molecular weight excluding hydrogens is 194 g/mol. The maximum Gasteiger partial charge on any atom is 0.337 e. The fourth-order valence-electron chi connectivity index (χ4n) is 1.88. The number of hydrogen-bond acceptors (Lipinski definition) is 4. The zero-order valence-electron chi connectivity index (χ0n) is 8.72. The third kappa shape index (κ3) is 1.49. The van der Waals surface area contributed by atoms with Gasteiger partial charge in [-0.1, -0.05) is 0 Å². The van der Waals surface area contributed by atoms with Gasteiger partial charge in [-0.25, -0.2) is 9.78 Å². The van der Waals surface area contributed by atoms with Crippen molar-refractivity contribution in [1.82, 2.24) is 4.98 Å². The molecule has 5 heteroatoms. The first kappa shape index (κ1) is 9.76. The zero-order valence-corrected chi connectivity index (χ0v) is 8.72. The van der Waals surface area contributed by atoms with Crippen molar-refractivity contribution in [2.45, 2.75) is 13.8 Å². The maximum atomic E-state index is 11.0. The standard InChI is InChI=1S/C10H13N3O2/c1-5-7(10(14)15)6(2)13-9-8(5)11-3-4-12-9/h11H,3-4H2,1-2H3,(H,12,13)(H,14,15). The molecule has 0 saturated heterocycles. The lowest BCUT2D eigenvalue weighted by molar-refractivity contribution is 0.0695. The Morgan fingerprint density at radius 1 is 1.33 bits per heavy atom. The molecule has 0 aliphatic carbocycles. The summed E-state index contributed by atoms with van der Waals surface area (Å²) >= 11 is 0. The van der Waals surface area contributed by atoms with Crippen LogP contribution in [0.5, 0.6) is 0 Å². The molecule has 80 valence electrons. The van der Waals surface area contributed by atoms with Crippen molar-refractivity contribution >= 4 is 17.5 Å². The van der Waals surface area contributed by atoms with Gasteiger partial charge in [0.15, 0.2) is 0 Å². The Labute approximate surface area is 87.5 Å². The number of fused-ring (bicyclic) bond motifs is 1. The number of hydrogen-bond donors (Lipinski definition) is 3. The molecule has 15 heavy (non-hydrogen) atoms. The number of carboxylic acid groups (broad SMARTS) is 1. The second-order valence-corrected chi connectivity index (χ2v) is 3.58. The van der Waals surface area contributed by atoms with Crippen LogP contribution in [-0.4, -0.2) is 29.1 Å². The lowest BCUT2D eigenvalue weighted by Crippen LogP contribution is -2.24. The number of aromatic nitrogens is 1. The molecule has 2 heterocycles. The van der Waals surface area contributed by atoms with Crippen LogP contribution in [0.1, 0.15) is 21.6 Å². The second kappa shape index (κ2) is 3.42. The second-order valence-electron chi connectivity index (χ2n) is 3.58. The van der Waals surface area contributed by atoms with Crippen molar-refractivity contribution in [3.05, 3.63) is 16.8 Å². The number of nitrogens with zero attached hydrogens (tertiary/aromatic N) is 1. The van der Waals surface area contributed by atoms with E-state index in [2.05, 4.69) is 15.6 Å². The van der Waals surface area contributed by atoms with E-state index >= 15 is 0 Å². The van der Waals surface area contributed by atoms with Crippen LogP contribution >= 0.6 is 0 Å². The molecular formula is C10H13N3O2. The highest BCUT2D eigenvalue weighted by atomic mass is 16.4. The van der Waals surface area contributed by atoms with E-state index in [1.807, 2.05) is 0 Å². The van der Waals surface area contributed by atoms with Gasteiger partial charge < -0.3 is 15.7 Å². The quantitative estimate of drug-likeness (QED) is 0.646. The average molecular weight is 207 g/mol. The summed E-state index contributed by atoms with van der Waals surface area (Å²) < 4.78 is 0. The van der Waals surface area contributed by atoms with Gasteiger partial charge >= 0.3 is 5.97 Å². The molecule has 5 nitrogen and oxygen atoms in total. The molecule has 3 N–H and O–H groups in total. The van der Waals surface area contributed by atoms with Gasteiger partial charge in [0.25, 0.3) is 0 Å². The zero-order chi connectivity index (χ0) is 11.0. The summed E-state index contributed by atoms with van der Waals surface area (Å²) in [5.74, 6) is -0.172. The third-order valence-corrected chi connectivity index (χ3v) is 2.56. The Bertz CT molecular complexity index is 429. The highest BCUT2D eigenvalue weighted by Gasteiger charge is 2.20. The number of pyridine rings is 1. The summed E-state index contributed by atoms with van der Waals surface area (Å²) in [6.07, 6.45) is 0. The van der Waals surface area contributed by atoms with Gasteiger partial charge in [-0.05, 0) is 19.4 Å². The Morgan fingerprint density at radius 3 is 2.67 bits per heavy atom. The van der Waals surface area contributed by atoms with Crippen LogP contribution in [0.25, 0.3) is 0 Å². The molecule has 0 radical (unpaired) electrons. The normalized spacial score (nSPS) is 13.7. The largest absolute Gasteiger partial charge is 0.478 e. The van der Waals surface area contributed by atoms with Crippen LogP contribution in [0.4, 0.5) is 11.5 Å². The van der Waals surface area contributed by atoms with Gasteiger partial charge in [0.1, 0.15) is 5.82 Å². The summed E-state index contributed by atoms with van der Waals surface area (Å²) in [4.78, 5) is 15.3. The predicted molar refractivity (Wildman–Crippen MR) is 57.6 cm³/mol. The minimum Gasteiger partial charge on any atom is -0.478 e. The Kier molecular flexibility index (Phi) is 2.22. The van der Waals surface area contributed by atoms with E-state index in [4.69, 9.17) is 5.11 Å². The fourth-order valence-corrected chi connectivity index (χ4v) is 1.88. The minimum absolute atomic E-state index is 0.296. The maximum absolute atomic E-state index is 11.0. The molecule has 0 unspecified atom stereocenters. The van der Waals surface area contributed by atoms with Crippen molar-refractivity contribution in [2.75, 3.05) is 23.7 Å². The molecule has 0 amide bonds. The number of aryl methyl sites for hydroxylation is 1. The molecule has 0 spiro atoms. The average Bonchev–Trinajstić information content (AvgIpc) is 2.17. The first-order chi connectivity index (χ1) is 7.11. The van der Waals surface area contributed by atoms with Crippen molar-refractivity contribution in [2.24, 2.45) is 0 Å². The fraction of sp³-hybridized carbons (Fsp3) is 0.400. The third-order valence-electron chi connectivity index (χ3n) is 2.56. The molecule has 0 fully saturated rings. The number of aromatic carboxylic acids is 1. The molecule has 0 bridgehead atoms. The Morgan fingerprint density at radius 2 is 2.00 bits per heavy atom. The SMILES string of the molecule is Cc1nc2c(c(C)c1C(=O)O)NCCN2. The van der Waals surface area contributed by atoms with Gasteiger partial charge in [0.2, 0.25) is 0 Å². The topological polar surface area (TPSA) is 74.2 Å². The summed E-state index contributed by atoms with van der Waals surface area (Å²) in [6.45, 7) is 5.12. The summed E-state index contributed by atoms with van der Waals surface area (Å²) in [6, 6.07) is 0. The molecule has 1 aliphatic heterocycles. The van der Waals surface area contributed by atoms with Gasteiger partial charge in [-0.15, -0.1) is 0 Å². The van der Waals surface area contributed by atoms with E-state index in [0.717, 1.165) is 30.2 Å². The van der Waals surface area contributed by atoms with Crippen LogP contribution in [0.2, 0.25) is 0 Å². The number of carbonyl (C=O) groups is 1. The molecule has 1 aromatic heterocycles.